The summed E-state index contributed by atoms with van der Waals surface area (Å²) in [4.78, 5) is 24.4. The second-order valence-electron chi connectivity index (χ2n) is 7.15. The lowest BCUT2D eigenvalue weighted by molar-refractivity contribution is 0.0695. The number of rotatable bonds is 6. The Morgan fingerprint density at radius 1 is 0.969 bits per heavy atom. The Balaban J connectivity index is 1.71. The molecule has 1 heterocycles. The molecule has 0 spiro atoms. The Kier molecular flexibility index (Phi) is 6.17. The highest BCUT2D eigenvalue weighted by atomic mass is 35.5. The Hall–Kier alpha value is -3.35. The largest absolute Gasteiger partial charge is 0.489 e. The van der Waals surface area contributed by atoms with Gasteiger partial charge in [0.1, 0.15) is 23.7 Å². The van der Waals surface area contributed by atoms with Crippen molar-refractivity contribution in [1.82, 2.24) is 4.57 Å². The number of nitrogens with zero attached hydrogens (tertiary/aromatic N) is 1. The summed E-state index contributed by atoms with van der Waals surface area (Å²) in [5.41, 5.74) is 1.11. The third-order valence-corrected chi connectivity index (χ3v) is 5.68. The van der Waals surface area contributed by atoms with Crippen LogP contribution in [0.1, 0.15) is 21.5 Å². The van der Waals surface area contributed by atoms with Gasteiger partial charge in [-0.2, -0.15) is 0 Å². The molecular weight excluding hydrogens is 456 g/mol. The molecule has 0 saturated carbocycles. The second-order valence-corrected chi connectivity index (χ2v) is 7.96. The van der Waals surface area contributed by atoms with E-state index in [-0.39, 0.29) is 29.9 Å². The third-order valence-electron chi connectivity index (χ3n) is 4.94. The molecule has 0 bridgehead atoms. The van der Waals surface area contributed by atoms with Gasteiger partial charge < -0.3 is 14.4 Å². The molecule has 0 aliphatic heterocycles. The van der Waals surface area contributed by atoms with Crippen molar-refractivity contribution in [2.75, 3.05) is 0 Å². The fourth-order valence-corrected chi connectivity index (χ4v) is 3.65. The normalized spacial score (nSPS) is 11.0. The number of carbonyl (C=O) groups is 1. The van der Waals surface area contributed by atoms with Crippen molar-refractivity contribution >= 4 is 40.1 Å². The maximum atomic E-state index is 13.2. The van der Waals surface area contributed by atoms with E-state index in [1.807, 2.05) is 0 Å². The molecule has 0 radical (unpaired) electrons. The van der Waals surface area contributed by atoms with Gasteiger partial charge in [0.2, 0.25) is 5.43 Å². The van der Waals surface area contributed by atoms with Crippen LogP contribution in [0.4, 0.5) is 4.39 Å². The number of fused-ring (bicyclic) bond motifs is 1. The van der Waals surface area contributed by atoms with E-state index in [1.165, 1.54) is 24.4 Å². The highest BCUT2D eigenvalue weighted by Gasteiger charge is 2.16. The predicted octanol–water partition coefficient (Wildman–Crippen LogP) is 5.77. The van der Waals surface area contributed by atoms with Crippen molar-refractivity contribution in [2.24, 2.45) is 0 Å². The summed E-state index contributed by atoms with van der Waals surface area (Å²) >= 11 is 12.0. The number of carboxylic acid groups (broad SMARTS) is 1. The van der Waals surface area contributed by atoms with Gasteiger partial charge >= 0.3 is 5.97 Å². The minimum absolute atomic E-state index is 0.185. The van der Waals surface area contributed by atoms with E-state index in [4.69, 9.17) is 27.9 Å². The smallest absolute Gasteiger partial charge is 0.341 e. The number of carboxylic acids is 1. The van der Waals surface area contributed by atoms with E-state index < -0.39 is 11.4 Å². The molecule has 8 heteroatoms. The van der Waals surface area contributed by atoms with Crippen molar-refractivity contribution in [3.63, 3.8) is 0 Å². The molecule has 0 aliphatic rings. The van der Waals surface area contributed by atoms with Gasteiger partial charge in [0.25, 0.3) is 0 Å². The van der Waals surface area contributed by atoms with E-state index in [9.17, 15) is 19.1 Å². The molecule has 0 aliphatic carbocycles. The lowest BCUT2D eigenvalue weighted by Gasteiger charge is -2.14. The van der Waals surface area contributed by atoms with Gasteiger partial charge in [-0.05, 0) is 53.6 Å². The Labute approximate surface area is 192 Å². The number of aromatic carboxylic acids is 1. The molecule has 5 nitrogen and oxygen atoms in total. The van der Waals surface area contributed by atoms with Crippen LogP contribution in [0.25, 0.3) is 10.9 Å². The van der Waals surface area contributed by atoms with Crippen molar-refractivity contribution in [3.05, 3.63) is 110 Å². The lowest BCUT2D eigenvalue weighted by atomic mass is 10.1. The molecule has 0 fully saturated rings. The molecule has 1 N–H and O–H groups in total. The average Bonchev–Trinajstić information content (AvgIpc) is 2.77. The van der Waals surface area contributed by atoms with Gasteiger partial charge in [0.05, 0.1) is 20.9 Å². The zero-order valence-corrected chi connectivity index (χ0v) is 18.0. The van der Waals surface area contributed by atoms with Crippen LogP contribution in [0.3, 0.4) is 0 Å². The van der Waals surface area contributed by atoms with Crippen LogP contribution < -0.4 is 10.2 Å². The standard InChI is InChI=1S/C24H16Cl2FNO4/c25-20-7-3-15(9-21(20)26)13-32-17-6-8-22-18(10-17)23(29)19(24(30)31)12-28(22)11-14-1-4-16(27)5-2-14/h1-10,12H,11,13H2,(H,30,31). The minimum Gasteiger partial charge on any atom is -0.489 e. The van der Waals surface area contributed by atoms with Gasteiger partial charge in [0.15, 0.2) is 0 Å². The third kappa shape index (κ3) is 4.61. The summed E-state index contributed by atoms with van der Waals surface area (Å²) in [5, 5.41) is 10.5. The van der Waals surface area contributed by atoms with Crippen molar-refractivity contribution in [2.45, 2.75) is 13.2 Å². The van der Waals surface area contributed by atoms with Crippen LogP contribution >= 0.6 is 23.2 Å². The van der Waals surface area contributed by atoms with Gasteiger partial charge in [-0.15, -0.1) is 0 Å². The van der Waals surface area contributed by atoms with Crippen LogP contribution in [0.2, 0.25) is 10.0 Å². The summed E-state index contributed by atoms with van der Waals surface area (Å²) in [6.45, 7) is 0.450. The Morgan fingerprint density at radius 3 is 2.38 bits per heavy atom. The number of pyridine rings is 1. The van der Waals surface area contributed by atoms with Crippen LogP contribution in [0.15, 0.2) is 71.7 Å². The number of aromatic nitrogens is 1. The summed E-state index contributed by atoms with van der Waals surface area (Å²) in [5.74, 6) is -1.29. The van der Waals surface area contributed by atoms with E-state index in [0.29, 0.717) is 21.3 Å². The first kappa shape index (κ1) is 21.9. The van der Waals surface area contributed by atoms with Crippen LogP contribution in [0, 0.1) is 5.82 Å². The molecule has 0 unspecified atom stereocenters. The molecule has 162 valence electrons. The molecule has 0 saturated heterocycles. The highest BCUT2D eigenvalue weighted by Crippen LogP contribution is 2.25. The first-order valence-corrected chi connectivity index (χ1v) is 10.3. The molecule has 4 rings (SSSR count). The van der Waals surface area contributed by atoms with E-state index in [2.05, 4.69) is 0 Å². The summed E-state index contributed by atoms with van der Waals surface area (Å²) in [6.07, 6.45) is 1.30. The van der Waals surface area contributed by atoms with Crippen molar-refractivity contribution in [3.8, 4) is 5.75 Å². The second kappa shape index (κ2) is 9.02. The first-order chi connectivity index (χ1) is 15.3. The van der Waals surface area contributed by atoms with Crippen LogP contribution in [-0.2, 0) is 13.2 Å². The summed E-state index contributed by atoms with van der Waals surface area (Å²) in [7, 11) is 0. The van der Waals surface area contributed by atoms with Crippen LogP contribution in [-0.4, -0.2) is 15.6 Å². The molecule has 3 aromatic carbocycles. The van der Waals surface area contributed by atoms with Gasteiger partial charge in [0, 0.05) is 12.7 Å². The summed E-state index contributed by atoms with van der Waals surface area (Å²) in [6, 6.07) is 15.9. The zero-order chi connectivity index (χ0) is 22.8. The van der Waals surface area contributed by atoms with Crippen molar-refractivity contribution < 1.29 is 19.0 Å². The van der Waals surface area contributed by atoms with E-state index >= 15 is 0 Å². The van der Waals surface area contributed by atoms with Gasteiger partial charge in [-0.3, -0.25) is 4.79 Å². The quantitative estimate of drug-likeness (QED) is 0.387. The average molecular weight is 472 g/mol. The topological polar surface area (TPSA) is 68.5 Å². The zero-order valence-electron chi connectivity index (χ0n) is 16.5. The minimum atomic E-state index is -1.33. The van der Waals surface area contributed by atoms with Gasteiger partial charge in [-0.1, -0.05) is 41.4 Å². The first-order valence-electron chi connectivity index (χ1n) is 9.53. The maximum absolute atomic E-state index is 13.2. The fourth-order valence-electron chi connectivity index (χ4n) is 3.33. The number of hydrogen-bond acceptors (Lipinski definition) is 3. The van der Waals surface area contributed by atoms with Crippen LogP contribution in [0.5, 0.6) is 5.75 Å². The molecule has 0 atom stereocenters. The van der Waals surface area contributed by atoms with E-state index in [1.54, 1.807) is 47.0 Å². The molecule has 4 aromatic rings. The molecule has 0 amide bonds. The van der Waals surface area contributed by atoms with E-state index in [0.717, 1.165) is 11.1 Å². The summed E-state index contributed by atoms with van der Waals surface area (Å²) < 4.78 is 20.7. The number of halogens is 3. The highest BCUT2D eigenvalue weighted by molar-refractivity contribution is 6.42. The number of benzene rings is 3. The Bertz CT molecular complexity index is 1380. The number of ether oxygens (including phenoxy) is 1. The Morgan fingerprint density at radius 2 is 1.69 bits per heavy atom. The maximum Gasteiger partial charge on any atom is 0.341 e. The van der Waals surface area contributed by atoms with Gasteiger partial charge in [-0.25, -0.2) is 9.18 Å². The molecular formula is C24H16Cl2FNO4. The fraction of sp³-hybridized carbons (Fsp3) is 0.0833. The molecule has 1 aromatic heterocycles. The predicted molar refractivity (Wildman–Crippen MR) is 121 cm³/mol. The van der Waals surface area contributed by atoms with Crippen molar-refractivity contribution in [1.29, 1.82) is 0 Å². The lowest BCUT2D eigenvalue weighted by Crippen LogP contribution is -2.19. The SMILES string of the molecule is O=C(O)c1cn(Cc2ccc(F)cc2)c2ccc(OCc3ccc(Cl)c(Cl)c3)cc2c1=O. The molecule has 32 heavy (non-hydrogen) atoms. The number of hydrogen-bond donors (Lipinski definition) is 1. The monoisotopic (exact) mass is 471 g/mol.